The molecule has 1 atom stereocenters. The van der Waals surface area contributed by atoms with Crippen molar-refractivity contribution in [2.75, 3.05) is 26.2 Å². The molecule has 1 aromatic carbocycles. The van der Waals surface area contributed by atoms with Crippen LogP contribution in [0.15, 0.2) is 30.6 Å². The van der Waals surface area contributed by atoms with Crippen molar-refractivity contribution in [2.45, 2.75) is 31.8 Å². The zero-order valence-electron chi connectivity index (χ0n) is 14.9. The van der Waals surface area contributed by atoms with Gasteiger partial charge >= 0.3 is 0 Å². The van der Waals surface area contributed by atoms with E-state index in [4.69, 9.17) is 4.74 Å². The number of hydrogen-bond acceptors (Lipinski definition) is 4. The fraction of sp³-hybridized carbons (Fsp3) is 0.550. The fourth-order valence-electron chi connectivity index (χ4n) is 4.05. The normalized spacial score (nSPS) is 19.6. The molecule has 0 unspecified atom stereocenters. The summed E-state index contributed by atoms with van der Waals surface area (Å²) in [6, 6.07) is 6.62. The fourth-order valence-corrected chi connectivity index (χ4v) is 4.05. The van der Waals surface area contributed by atoms with Crippen molar-refractivity contribution in [2.24, 2.45) is 13.0 Å². The first-order chi connectivity index (χ1) is 12.2. The van der Waals surface area contributed by atoms with E-state index in [0.717, 1.165) is 63.5 Å². The predicted molar refractivity (Wildman–Crippen MR) is 96.7 cm³/mol. The second-order valence-electron chi connectivity index (χ2n) is 7.31. The van der Waals surface area contributed by atoms with Crippen LogP contribution in [0, 0.1) is 5.92 Å². The Morgan fingerprint density at radius 1 is 1.32 bits per heavy atom. The van der Waals surface area contributed by atoms with E-state index >= 15 is 0 Å². The molecule has 0 saturated carbocycles. The summed E-state index contributed by atoms with van der Waals surface area (Å²) in [6.45, 7) is 4.02. The number of piperidine rings is 1. The Labute approximate surface area is 149 Å². The number of ether oxygens (including phenoxy) is 1. The van der Waals surface area contributed by atoms with Crippen molar-refractivity contribution < 1.29 is 9.84 Å². The lowest BCUT2D eigenvalue weighted by Gasteiger charge is -2.34. The Morgan fingerprint density at radius 3 is 2.92 bits per heavy atom. The van der Waals surface area contributed by atoms with E-state index in [1.165, 1.54) is 11.1 Å². The van der Waals surface area contributed by atoms with Crippen molar-refractivity contribution in [1.82, 2.24) is 14.5 Å². The second kappa shape index (κ2) is 7.18. The summed E-state index contributed by atoms with van der Waals surface area (Å²) in [7, 11) is 1.95. The van der Waals surface area contributed by atoms with E-state index in [-0.39, 0.29) is 0 Å². The largest absolute Gasteiger partial charge is 0.493 e. The summed E-state index contributed by atoms with van der Waals surface area (Å²) >= 11 is 0. The van der Waals surface area contributed by atoms with Gasteiger partial charge in [-0.1, -0.05) is 12.1 Å². The van der Waals surface area contributed by atoms with Gasteiger partial charge in [-0.25, -0.2) is 4.98 Å². The van der Waals surface area contributed by atoms with E-state index in [2.05, 4.69) is 28.1 Å². The molecule has 1 aromatic heterocycles. The Kier molecular flexibility index (Phi) is 4.77. The highest BCUT2D eigenvalue weighted by atomic mass is 16.5. The maximum atomic E-state index is 10.6. The highest BCUT2D eigenvalue weighted by Gasteiger charge is 2.28. The topological polar surface area (TPSA) is 50.5 Å². The smallest absolute Gasteiger partial charge is 0.137 e. The minimum Gasteiger partial charge on any atom is -0.493 e. The zero-order chi connectivity index (χ0) is 17.2. The molecule has 0 bridgehead atoms. The van der Waals surface area contributed by atoms with Crippen LogP contribution in [0.4, 0.5) is 0 Å². The summed E-state index contributed by atoms with van der Waals surface area (Å²) < 4.78 is 7.51. The van der Waals surface area contributed by atoms with E-state index in [0.29, 0.717) is 5.92 Å². The van der Waals surface area contributed by atoms with Crippen LogP contribution in [0.2, 0.25) is 0 Å². The third kappa shape index (κ3) is 3.58. The van der Waals surface area contributed by atoms with Gasteiger partial charge in [0.1, 0.15) is 17.7 Å². The molecule has 1 saturated heterocycles. The van der Waals surface area contributed by atoms with Gasteiger partial charge < -0.3 is 19.3 Å². The first-order valence-electron chi connectivity index (χ1n) is 9.33. The SMILES string of the molecule is Cn1ccnc1[C@H](O)C1CCN(CCc2ccc3c(c2)CCO3)CC1. The second-order valence-corrected chi connectivity index (χ2v) is 7.31. The average Bonchev–Trinajstić information content (AvgIpc) is 3.28. The minimum absolute atomic E-state index is 0.314. The number of fused-ring (bicyclic) bond motifs is 1. The Morgan fingerprint density at radius 2 is 2.16 bits per heavy atom. The number of hydrogen-bond donors (Lipinski definition) is 1. The minimum atomic E-state index is -0.445. The van der Waals surface area contributed by atoms with Gasteiger partial charge in [0.05, 0.1) is 6.61 Å². The van der Waals surface area contributed by atoms with E-state index in [9.17, 15) is 5.11 Å². The number of likely N-dealkylation sites (tertiary alicyclic amines) is 1. The average molecular weight is 341 g/mol. The van der Waals surface area contributed by atoms with Crippen LogP contribution in [0.25, 0.3) is 0 Å². The predicted octanol–water partition coefficient (Wildman–Crippen LogP) is 2.34. The van der Waals surface area contributed by atoms with Gasteiger partial charge in [-0.15, -0.1) is 0 Å². The first kappa shape index (κ1) is 16.6. The van der Waals surface area contributed by atoms with Gasteiger partial charge in [0, 0.05) is 32.4 Å². The lowest BCUT2D eigenvalue weighted by Crippen LogP contribution is -2.37. The Balaban J connectivity index is 1.27. The Bertz CT molecular complexity index is 719. The molecule has 0 aliphatic carbocycles. The standard InChI is InChI=1S/C20H27N3O2/c1-22-12-8-21-20(22)19(24)16-5-10-23(11-6-16)9-4-15-2-3-18-17(14-15)7-13-25-18/h2-3,8,12,14,16,19,24H,4-7,9-11,13H2,1H3/t19-/m1/s1. The molecule has 0 radical (unpaired) electrons. The number of benzene rings is 1. The molecule has 5 nitrogen and oxygen atoms in total. The number of aryl methyl sites for hydroxylation is 1. The van der Waals surface area contributed by atoms with Gasteiger partial charge in [0.15, 0.2) is 0 Å². The van der Waals surface area contributed by atoms with Crippen molar-refractivity contribution >= 4 is 0 Å². The highest BCUT2D eigenvalue weighted by Crippen LogP contribution is 2.30. The van der Waals surface area contributed by atoms with Gasteiger partial charge in [-0.3, -0.25) is 0 Å². The van der Waals surface area contributed by atoms with Gasteiger partial charge in [-0.05, 0) is 55.5 Å². The lowest BCUT2D eigenvalue weighted by molar-refractivity contribution is 0.0514. The number of rotatable bonds is 5. The lowest BCUT2D eigenvalue weighted by atomic mass is 9.90. The summed E-state index contributed by atoms with van der Waals surface area (Å²) in [5.41, 5.74) is 2.76. The summed E-state index contributed by atoms with van der Waals surface area (Å²) in [5, 5.41) is 10.6. The van der Waals surface area contributed by atoms with Crippen LogP contribution >= 0.6 is 0 Å². The molecule has 1 N–H and O–H groups in total. The molecule has 2 aromatic rings. The molecular weight excluding hydrogens is 314 g/mol. The van der Waals surface area contributed by atoms with E-state index < -0.39 is 6.10 Å². The first-order valence-corrected chi connectivity index (χ1v) is 9.33. The molecule has 134 valence electrons. The number of nitrogens with zero attached hydrogens (tertiary/aromatic N) is 3. The number of imidazole rings is 1. The summed E-state index contributed by atoms with van der Waals surface area (Å²) in [5.74, 6) is 2.17. The number of aromatic nitrogens is 2. The van der Waals surface area contributed by atoms with Crippen molar-refractivity contribution in [1.29, 1.82) is 0 Å². The monoisotopic (exact) mass is 341 g/mol. The van der Waals surface area contributed by atoms with E-state index in [1.54, 1.807) is 6.20 Å². The van der Waals surface area contributed by atoms with Crippen molar-refractivity contribution in [3.05, 3.63) is 47.5 Å². The highest BCUT2D eigenvalue weighted by molar-refractivity contribution is 5.39. The number of aliphatic hydroxyl groups is 1. The van der Waals surface area contributed by atoms with Crippen LogP contribution in [0.1, 0.15) is 35.9 Å². The molecule has 0 amide bonds. The molecule has 2 aliphatic rings. The van der Waals surface area contributed by atoms with Crippen molar-refractivity contribution in [3.63, 3.8) is 0 Å². The third-order valence-electron chi connectivity index (χ3n) is 5.67. The molecule has 4 rings (SSSR count). The third-order valence-corrected chi connectivity index (χ3v) is 5.67. The Hall–Kier alpha value is -1.85. The maximum absolute atomic E-state index is 10.6. The van der Waals surface area contributed by atoms with Crippen LogP contribution in [-0.4, -0.2) is 45.8 Å². The molecular formula is C20H27N3O2. The van der Waals surface area contributed by atoms with Crippen LogP contribution < -0.4 is 4.74 Å². The summed E-state index contributed by atoms with van der Waals surface area (Å²) in [4.78, 5) is 6.82. The zero-order valence-corrected chi connectivity index (χ0v) is 14.9. The molecule has 25 heavy (non-hydrogen) atoms. The molecule has 1 fully saturated rings. The molecule has 5 heteroatoms. The molecule has 3 heterocycles. The summed E-state index contributed by atoms with van der Waals surface area (Å²) in [6.07, 6.45) is 7.40. The van der Waals surface area contributed by atoms with Crippen LogP contribution in [-0.2, 0) is 19.9 Å². The van der Waals surface area contributed by atoms with Gasteiger partial charge in [0.2, 0.25) is 0 Å². The van der Waals surface area contributed by atoms with Crippen LogP contribution in [0.3, 0.4) is 0 Å². The van der Waals surface area contributed by atoms with Crippen molar-refractivity contribution in [3.8, 4) is 5.75 Å². The molecule has 0 spiro atoms. The quantitative estimate of drug-likeness (QED) is 0.907. The molecule has 2 aliphatic heterocycles. The maximum Gasteiger partial charge on any atom is 0.137 e. The number of aliphatic hydroxyl groups excluding tert-OH is 1. The van der Waals surface area contributed by atoms with Crippen LogP contribution in [0.5, 0.6) is 5.75 Å². The van der Waals surface area contributed by atoms with Gasteiger partial charge in [0.25, 0.3) is 0 Å². The van der Waals surface area contributed by atoms with Gasteiger partial charge in [-0.2, -0.15) is 0 Å². The van der Waals surface area contributed by atoms with E-state index in [1.807, 2.05) is 17.8 Å².